The van der Waals surface area contributed by atoms with Crippen LogP contribution in [0.2, 0.25) is 10.0 Å². The molecule has 8 rings (SSSR count). The molecule has 2 spiro atoms. The molecule has 2 aromatic heterocycles. The van der Waals surface area contributed by atoms with Crippen LogP contribution in [0.25, 0.3) is 33.6 Å². The van der Waals surface area contributed by atoms with E-state index < -0.39 is 5.79 Å². The van der Waals surface area contributed by atoms with Crippen LogP contribution >= 0.6 is 23.2 Å². The minimum atomic E-state index is -0.476. The number of likely N-dealkylation sites (tertiary alicyclic amines) is 2. The zero-order valence-corrected chi connectivity index (χ0v) is 29.9. The summed E-state index contributed by atoms with van der Waals surface area (Å²) >= 11 is 14.3. The van der Waals surface area contributed by atoms with Crippen LogP contribution in [0, 0.1) is 5.41 Å². The molecule has 3 saturated heterocycles. The standard InChI is InChI=1S/C39H40Cl2N4O5/c1-47-36-25(20-44-16-15-39(24-44)49-17-18-50-39)9-11-32(42-36)30-7-3-5-28(34(30)40)29-6-4-8-31(35(29)41)33-12-10-26(37(43-33)48-2)21-45-22-38(23-45)14-13-27(46)19-38/h3-12H,13-24H2,1-2H3. The van der Waals surface area contributed by atoms with Crippen molar-refractivity contribution in [3.05, 3.63) is 81.8 Å². The van der Waals surface area contributed by atoms with Gasteiger partial charge in [0.25, 0.3) is 0 Å². The zero-order valence-electron chi connectivity index (χ0n) is 28.3. The van der Waals surface area contributed by atoms with Crippen LogP contribution in [-0.4, -0.2) is 85.0 Å². The first kappa shape index (κ1) is 33.6. The third-order valence-corrected chi connectivity index (χ3v) is 11.4. The number of carbonyl (C=O) groups excluding carboxylic acids is 1. The van der Waals surface area contributed by atoms with E-state index in [2.05, 4.69) is 21.9 Å². The number of aromatic nitrogens is 2. The molecule has 0 unspecified atom stereocenters. The van der Waals surface area contributed by atoms with Crippen molar-refractivity contribution >= 4 is 29.0 Å². The van der Waals surface area contributed by atoms with Crippen LogP contribution in [0.1, 0.15) is 36.8 Å². The van der Waals surface area contributed by atoms with E-state index in [-0.39, 0.29) is 5.41 Å². The van der Waals surface area contributed by atoms with Crippen molar-refractivity contribution in [2.45, 2.75) is 44.6 Å². The molecule has 11 heteroatoms. The highest BCUT2D eigenvalue weighted by molar-refractivity contribution is 6.39. The molecule has 5 heterocycles. The number of benzene rings is 2. The smallest absolute Gasteiger partial charge is 0.218 e. The molecule has 0 bridgehead atoms. The molecule has 1 aliphatic carbocycles. The molecule has 50 heavy (non-hydrogen) atoms. The Kier molecular flexibility index (Phi) is 9.08. The lowest BCUT2D eigenvalue weighted by atomic mass is 9.78. The van der Waals surface area contributed by atoms with Gasteiger partial charge in [0.05, 0.1) is 55.4 Å². The predicted octanol–water partition coefficient (Wildman–Crippen LogP) is 7.31. The topological polar surface area (TPSA) is 86.2 Å². The Morgan fingerprint density at radius 1 is 0.720 bits per heavy atom. The van der Waals surface area contributed by atoms with Gasteiger partial charge in [0.2, 0.25) is 11.8 Å². The lowest BCUT2D eigenvalue weighted by molar-refractivity contribution is -0.145. The summed E-state index contributed by atoms with van der Waals surface area (Å²) < 4.78 is 23.3. The number of hydrogen-bond donors (Lipinski definition) is 0. The van der Waals surface area contributed by atoms with Gasteiger partial charge in [0.1, 0.15) is 5.78 Å². The average Bonchev–Trinajstić information content (AvgIpc) is 3.85. The van der Waals surface area contributed by atoms with Gasteiger partial charge in [-0.3, -0.25) is 14.6 Å². The predicted molar refractivity (Wildman–Crippen MR) is 193 cm³/mol. The molecule has 1 saturated carbocycles. The molecule has 3 aliphatic heterocycles. The highest BCUT2D eigenvalue weighted by Crippen LogP contribution is 2.46. The summed E-state index contributed by atoms with van der Waals surface area (Å²) in [5, 5.41) is 1.09. The second-order valence-electron chi connectivity index (χ2n) is 14.0. The van der Waals surface area contributed by atoms with E-state index in [1.807, 2.05) is 48.5 Å². The van der Waals surface area contributed by atoms with Gasteiger partial charge in [-0.05, 0) is 18.6 Å². The second-order valence-corrected chi connectivity index (χ2v) is 14.7. The fourth-order valence-electron chi connectivity index (χ4n) is 8.17. The van der Waals surface area contributed by atoms with Gasteiger partial charge in [-0.25, -0.2) is 9.97 Å². The molecule has 4 aromatic rings. The quantitative estimate of drug-likeness (QED) is 0.177. The Bertz CT molecular complexity index is 1940. The van der Waals surface area contributed by atoms with Crippen molar-refractivity contribution in [1.29, 1.82) is 0 Å². The van der Waals surface area contributed by atoms with Crippen LogP contribution in [0.3, 0.4) is 0 Å². The maximum Gasteiger partial charge on any atom is 0.218 e. The molecule has 0 radical (unpaired) electrons. The number of ether oxygens (including phenoxy) is 4. The highest BCUT2D eigenvalue weighted by atomic mass is 35.5. The van der Waals surface area contributed by atoms with Crippen LogP contribution < -0.4 is 9.47 Å². The molecule has 2 aromatic carbocycles. The molecule has 0 N–H and O–H groups in total. The van der Waals surface area contributed by atoms with Gasteiger partial charge in [0.15, 0.2) is 5.79 Å². The van der Waals surface area contributed by atoms with Gasteiger partial charge in [-0.15, -0.1) is 0 Å². The second kappa shape index (κ2) is 13.5. The van der Waals surface area contributed by atoms with E-state index in [0.717, 1.165) is 78.9 Å². The first-order valence-corrected chi connectivity index (χ1v) is 17.9. The van der Waals surface area contributed by atoms with Crippen molar-refractivity contribution in [2.75, 3.05) is 53.6 Å². The summed E-state index contributed by atoms with van der Waals surface area (Å²) in [6.07, 6.45) is 3.28. The van der Waals surface area contributed by atoms with Crippen LogP contribution in [0.15, 0.2) is 60.7 Å². The number of Topliss-reactive ketones (excluding diaryl/α,β-unsaturated/α-hetero) is 1. The first-order chi connectivity index (χ1) is 24.3. The Morgan fingerprint density at radius 3 is 1.78 bits per heavy atom. The van der Waals surface area contributed by atoms with Crippen molar-refractivity contribution in [3.63, 3.8) is 0 Å². The zero-order chi connectivity index (χ0) is 34.5. The summed E-state index contributed by atoms with van der Waals surface area (Å²) in [7, 11) is 3.28. The summed E-state index contributed by atoms with van der Waals surface area (Å²) in [6, 6.07) is 19.9. The lowest BCUT2D eigenvalue weighted by Crippen LogP contribution is -2.54. The Hall–Kier alpha value is -3.57. The number of hydrogen-bond acceptors (Lipinski definition) is 9. The van der Waals surface area contributed by atoms with Crippen LogP contribution in [0.5, 0.6) is 11.8 Å². The Balaban J connectivity index is 1.02. The molecule has 9 nitrogen and oxygen atoms in total. The van der Waals surface area contributed by atoms with Crippen molar-refractivity contribution < 1.29 is 23.7 Å². The summed E-state index contributed by atoms with van der Waals surface area (Å²) in [5.41, 5.74) is 6.74. The van der Waals surface area contributed by atoms with Gasteiger partial charge < -0.3 is 18.9 Å². The Morgan fingerprint density at radius 2 is 1.26 bits per heavy atom. The summed E-state index contributed by atoms with van der Waals surface area (Å²) in [4.78, 5) is 26.3. The average molecular weight is 716 g/mol. The number of ketones is 1. The first-order valence-electron chi connectivity index (χ1n) is 17.2. The fourth-order valence-corrected chi connectivity index (χ4v) is 8.82. The molecule has 4 aliphatic rings. The third-order valence-electron chi connectivity index (χ3n) is 10.6. The number of halogens is 2. The van der Waals surface area contributed by atoms with E-state index in [4.69, 9.17) is 52.1 Å². The molecular weight excluding hydrogens is 675 g/mol. The van der Waals surface area contributed by atoms with Crippen LogP contribution in [0.4, 0.5) is 0 Å². The SMILES string of the molecule is COc1nc(-c2cccc(-c3cccc(-c4ccc(CN5CCC6(C5)OCCO6)c(OC)n4)c3Cl)c2Cl)ccc1CN1CC2(CCC(=O)C2)C1. The minimum Gasteiger partial charge on any atom is -0.481 e. The maximum absolute atomic E-state index is 11.9. The molecule has 260 valence electrons. The lowest BCUT2D eigenvalue weighted by Gasteiger charge is -2.48. The molecule has 4 fully saturated rings. The van der Waals surface area contributed by atoms with Crippen molar-refractivity contribution in [1.82, 2.24) is 19.8 Å². The Labute approximate surface area is 302 Å². The normalized spacial score (nSPS) is 19.8. The minimum absolute atomic E-state index is 0.175. The van der Waals surface area contributed by atoms with Gasteiger partial charge in [0, 0.05) is 90.8 Å². The van der Waals surface area contributed by atoms with Crippen molar-refractivity contribution in [3.8, 4) is 45.4 Å². The van der Waals surface area contributed by atoms with E-state index in [1.165, 1.54) is 0 Å². The van der Waals surface area contributed by atoms with E-state index in [0.29, 0.717) is 71.6 Å². The molecule has 0 amide bonds. The van der Waals surface area contributed by atoms with E-state index >= 15 is 0 Å². The van der Waals surface area contributed by atoms with Crippen molar-refractivity contribution in [2.24, 2.45) is 5.41 Å². The van der Waals surface area contributed by atoms with Crippen LogP contribution in [-0.2, 0) is 27.4 Å². The fraction of sp³-hybridized carbons (Fsp3) is 0.410. The van der Waals surface area contributed by atoms with E-state index in [1.54, 1.807) is 14.2 Å². The number of rotatable bonds is 9. The summed E-state index contributed by atoms with van der Waals surface area (Å²) in [6.45, 7) is 6.19. The largest absolute Gasteiger partial charge is 0.481 e. The number of carbonyl (C=O) groups is 1. The monoisotopic (exact) mass is 714 g/mol. The summed E-state index contributed by atoms with van der Waals surface area (Å²) in [5.74, 6) is 1.04. The third kappa shape index (κ3) is 6.29. The van der Waals surface area contributed by atoms with Gasteiger partial charge >= 0.3 is 0 Å². The maximum atomic E-state index is 11.9. The number of methoxy groups -OCH3 is 2. The van der Waals surface area contributed by atoms with Gasteiger partial charge in [-0.1, -0.05) is 71.7 Å². The molecular formula is C39H40Cl2N4O5. The number of pyridine rings is 2. The highest BCUT2D eigenvalue weighted by Gasteiger charge is 2.47. The molecule has 0 atom stereocenters. The van der Waals surface area contributed by atoms with E-state index in [9.17, 15) is 4.79 Å². The number of nitrogens with zero attached hydrogens (tertiary/aromatic N) is 4. The van der Waals surface area contributed by atoms with Gasteiger partial charge in [-0.2, -0.15) is 0 Å².